The van der Waals surface area contributed by atoms with E-state index >= 15 is 0 Å². The van der Waals surface area contributed by atoms with Crippen molar-refractivity contribution in [2.24, 2.45) is 0 Å². The lowest BCUT2D eigenvalue weighted by Crippen LogP contribution is -2.36. The van der Waals surface area contributed by atoms with Gasteiger partial charge in [-0.2, -0.15) is 0 Å². The SMILES string of the molecule is O=S(=O)(Cc1cccs1)C1CCNCC1. The third-order valence-corrected chi connectivity index (χ3v) is 5.98. The van der Waals surface area contributed by atoms with Crippen molar-refractivity contribution in [2.75, 3.05) is 13.1 Å². The minimum atomic E-state index is -2.94. The minimum Gasteiger partial charge on any atom is -0.317 e. The summed E-state index contributed by atoms with van der Waals surface area (Å²) in [6.07, 6.45) is 1.52. The largest absolute Gasteiger partial charge is 0.317 e. The van der Waals surface area contributed by atoms with Crippen LogP contribution in [-0.4, -0.2) is 26.8 Å². The number of hydrogen-bond acceptors (Lipinski definition) is 4. The maximum Gasteiger partial charge on any atom is 0.158 e. The predicted octanol–water partition coefficient (Wildman–Crippen LogP) is 1.41. The van der Waals surface area contributed by atoms with Crippen LogP contribution in [0.15, 0.2) is 17.5 Å². The van der Waals surface area contributed by atoms with Gasteiger partial charge < -0.3 is 5.32 Å². The van der Waals surface area contributed by atoms with Gasteiger partial charge in [-0.05, 0) is 37.4 Å². The van der Waals surface area contributed by atoms with Crippen molar-refractivity contribution >= 4 is 21.2 Å². The molecule has 0 saturated carbocycles. The van der Waals surface area contributed by atoms with E-state index in [1.807, 2.05) is 17.5 Å². The molecular formula is C10H15NO2S2. The number of hydrogen-bond donors (Lipinski definition) is 1. The second-order valence-electron chi connectivity index (χ2n) is 3.84. The molecule has 0 spiro atoms. The Hall–Kier alpha value is -0.390. The molecule has 5 heteroatoms. The van der Waals surface area contributed by atoms with Crippen molar-refractivity contribution in [2.45, 2.75) is 23.8 Å². The van der Waals surface area contributed by atoms with Crippen molar-refractivity contribution in [3.63, 3.8) is 0 Å². The number of nitrogens with one attached hydrogen (secondary N) is 1. The van der Waals surface area contributed by atoms with Crippen LogP contribution in [0.3, 0.4) is 0 Å². The first-order valence-corrected chi connectivity index (χ1v) is 7.73. The van der Waals surface area contributed by atoms with Crippen LogP contribution >= 0.6 is 11.3 Å². The molecular weight excluding hydrogens is 230 g/mol. The molecule has 2 rings (SSSR count). The summed E-state index contributed by atoms with van der Waals surface area (Å²) in [6, 6.07) is 3.79. The molecule has 0 unspecified atom stereocenters. The summed E-state index contributed by atoms with van der Waals surface area (Å²) < 4.78 is 24.1. The van der Waals surface area contributed by atoms with Crippen LogP contribution in [0.2, 0.25) is 0 Å². The lowest BCUT2D eigenvalue weighted by molar-refractivity contribution is 0.496. The average Bonchev–Trinajstić information content (AvgIpc) is 2.71. The van der Waals surface area contributed by atoms with Crippen LogP contribution in [0, 0.1) is 0 Å². The van der Waals surface area contributed by atoms with E-state index in [1.165, 1.54) is 11.3 Å². The zero-order chi connectivity index (χ0) is 10.7. The predicted molar refractivity (Wildman–Crippen MR) is 62.8 cm³/mol. The van der Waals surface area contributed by atoms with Gasteiger partial charge in [-0.15, -0.1) is 11.3 Å². The zero-order valence-corrected chi connectivity index (χ0v) is 10.1. The first-order chi connectivity index (χ1) is 7.18. The molecule has 1 N–H and O–H groups in total. The van der Waals surface area contributed by atoms with Crippen LogP contribution < -0.4 is 5.32 Å². The number of sulfone groups is 1. The zero-order valence-electron chi connectivity index (χ0n) is 8.48. The Kier molecular flexibility index (Phi) is 3.43. The summed E-state index contributed by atoms with van der Waals surface area (Å²) in [5, 5.41) is 4.97. The average molecular weight is 245 g/mol. The van der Waals surface area contributed by atoms with E-state index in [1.54, 1.807) is 0 Å². The summed E-state index contributed by atoms with van der Waals surface area (Å²) in [5.74, 6) is 0.218. The van der Waals surface area contributed by atoms with Crippen LogP contribution in [0.5, 0.6) is 0 Å². The molecule has 1 fully saturated rings. The first kappa shape index (κ1) is 11.1. The van der Waals surface area contributed by atoms with Crippen LogP contribution in [0.1, 0.15) is 17.7 Å². The molecule has 3 nitrogen and oxygen atoms in total. The van der Waals surface area contributed by atoms with Crippen molar-refractivity contribution in [1.29, 1.82) is 0 Å². The summed E-state index contributed by atoms with van der Waals surface area (Å²) in [7, 11) is -2.94. The molecule has 1 aromatic rings. The molecule has 1 aliphatic heterocycles. The molecule has 84 valence electrons. The van der Waals surface area contributed by atoms with E-state index in [0.29, 0.717) is 0 Å². The van der Waals surface area contributed by atoms with Crippen LogP contribution in [0.4, 0.5) is 0 Å². The van der Waals surface area contributed by atoms with Crippen LogP contribution in [-0.2, 0) is 15.6 Å². The fourth-order valence-electron chi connectivity index (χ4n) is 1.87. The normalized spacial score (nSPS) is 19.2. The van der Waals surface area contributed by atoms with Gasteiger partial charge in [-0.1, -0.05) is 6.07 Å². The summed E-state index contributed by atoms with van der Waals surface area (Å²) in [5.41, 5.74) is 0. The fourth-order valence-corrected chi connectivity index (χ4v) is 4.80. The Morgan fingerprint density at radius 1 is 1.40 bits per heavy atom. The topological polar surface area (TPSA) is 46.2 Å². The standard InChI is InChI=1S/C10H15NO2S2/c12-15(13,8-9-2-1-7-14-9)10-3-5-11-6-4-10/h1-2,7,10-11H,3-6,8H2. The second-order valence-corrected chi connectivity index (χ2v) is 7.15. The third-order valence-electron chi connectivity index (χ3n) is 2.72. The molecule has 2 heterocycles. The summed E-state index contributed by atoms with van der Waals surface area (Å²) in [4.78, 5) is 0.952. The smallest absolute Gasteiger partial charge is 0.158 e. The van der Waals surface area contributed by atoms with E-state index in [0.717, 1.165) is 30.8 Å². The molecule has 15 heavy (non-hydrogen) atoms. The Morgan fingerprint density at radius 2 is 2.13 bits per heavy atom. The van der Waals surface area contributed by atoms with Gasteiger partial charge in [-0.25, -0.2) is 8.42 Å². The van der Waals surface area contributed by atoms with Gasteiger partial charge in [0, 0.05) is 4.88 Å². The highest BCUT2D eigenvalue weighted by Crippen LogP contribution is 2.20. The molecule has 1 aliphatic rings. The van der Waals surface area contributed by atoms with Gasteiger partial charge in [0.25, 0.3) is 0 Å². The van der Waals surface area contributed by atoms with Gasteiger partial charge in [-0.3, -0.25) is 0 Å². The molecule has 0 aromatic carbocycles. The highest BCUT2D eigenvalue weighted by atomic mass is 32.2. The first-order valence-electron chi connectivity index (χ1n) is 5.13. The monoisotopic (exact) mass is 245 g/mol. The Morgan fingerprint density at radius 3 is 2.73 bits per heavy atom. The van der Waals surface area contributed by atoms with Gasteiger partial charge in [0.15, 0.2) is 9.84 Å². The van der Waals surface area contributed by atoms with Gasteiger partial charge in [0.05, 0.1) is 11.0 Å². The van der Waals surface area contributed by atoms with Crippen molar-refractivity contribution in [3.8, 4) is 0 Å². The van der Waals surface area contributed by atoms with Crippen molar-refractivity contribution in [3.05, 3.63) is 22.4 Å². The molecule has 1 aromatic heterocycles. The summed E-state index contributed by atoms with van der Waals surface area (Å²) >= 11 is 1.52. The molecule has 0 bridgehead atoms. The Bertz CT molecular complexity index is 391. The summed E-state index contributed by atoms with van der Waals surface area (Å²) in [6.45, 7) is 1.66. The van der Waals surface area contributed by atoms with Gasteiger partial charge >= 0.3 is 0 Å². The second kappa shape index (κ2) is 4.63. The van der Waals surface area contributed by atoms with Crippen molar-refractivity contribution in [1.82, 2.24) is 5.32 Å². The van der Waals surface area contributed by atoms with E-state index in [4.69, 9.17) is 0 Å². The molecule has 0 radical (unpaired) electrons. The van der Waals surface area contributed by atoms with E-state index < -0.39 is 9.84 Å². The van der Waals surface area contributed by atoms with Gasteiger partial charge in [0.2, 0.25) is 0 Å². The number of thiophene rings is 1. The maximum absolute atomic E-state index is 12.0. The maximum atomic E-state index is 12.0. The van der Waals surface area contributed by atoms with Gasteiger partial charge in [0.1, 0.15) is 0 Å². The fraction of sp³-hybridized carbons (Fsp3) is 0.600. The molecule has 0 amide bonds. The highest BCUT2D eigenvalue weighted by molar-refractivity contribution is 7.91. The molecule has 1 saturated heterocycles. The minimum absolute atomic E-state index is 0.138. The number of rotatable bonds is 3. The van der Waals surface area contributed by atoms with E-state index in [9.17, 15) is 8.42 Å². The highest BCUT2D eigenvalue weighted by Gasteiger charge is 2.27. The quantitative estimate of drug-likeness (QED) is 0.876. The molecule has 0 atom stereocenters. The van der Waals surface area contributed by atoms with E-state index in [-0.39, 0.29) is 11.0 Å². The Balaban J connectivity index is 2.05. The van der Waals surface area contributed by atoms with Crippen molar-refractivity contribution < 1.29 is 8.42 Å². The lowest BCUT2D eigenvalue weighted by Gasteiger charge is -2.22. The lowest BCUT2D eigenvalue weighted by atomic mass is 10.2. The third kappa shape index (κ3) is 2.80. The Labute approximate surface area is 94.4 Å². The van der Waals surface area contributed by atoms with Crippen LogP contribution in [0.25, 0.3) is 0 Å². The van der Waals surface area contributed by atoms with E-state index in [2.05, 4.69) is 5.32 Å². The number of piperidine rings is 1. The molecule has 0 aliphatic carbocycles.